The number of imidazole rings is 1. The maximum Gasteiger partial charge on any atom is 0.495 e. The predicted octanol–water partition coefficient (Wildman–Crippen LogP) is 4.07. The summed E-state index contributed by atoms with van der Waals surface area (Å²) in [5, 5.41) is 0. The van der Waals surface area contributed by atoms with Gasteiger partial charge < -0.3 is 13.9 Å². The summed E-state index contributed by atoms with van der Waals surface area (Å²) in [5.74, 6) is -1.95. The van der Waals surface area contributed by atoms with Gasteiger partial charge in [-0.15, -0.1) is 0 Å². The lowest BCUT2D eigenvalue weighted by atomic mass is 9.79. The number of halogens is 4. The van der Waals surface area contributed by atoms with E-state index < -0.39 is 42.2 Å². The summed E-state index contributed by atoms with van der Waals surface area (Å²) in [6.45, 7) is 10.6. The summed E-state index contributed by atoms with van der Waals surface area (Å²) in [5.41, 5.74) is -1.20. The van der Waals surface area contributed by atoms with Crippen molar-refractivity contribution in [1.82, 2.24) is 9.55 Å². The standard InChI is InChI=1S/C17H21BF4N2O2/c1-9(2)24-12-8-10(18-25-15(3,4)16(5,6)26-18)7-11(19)13(12)23-14(24)17(20,21)22/h7-9H,1-6H3. The van der Waals surface area contributed by atoms with Gasteiger partial charge in [0, 0.05) is 6.04 Å². The molecule has 0 saturated carbocycles. The van der Waals surface area contributed by atoms with Crippen LogP contribution >= 0.6 is 0 Å². The molecule has 0 N–H and O–H groups in total. The van der Waals surface area contributed by atoms with Crippen LogP contribution < -0.4 is 5.46 Å². The molecule has 1 aromatic carbocycles. The molecule has 0 aliphatic carbocycles. The van der Waals surface area contributed by atoms with E-state index in [0.29, 0.717) is 5.46 Å². The first-order chi connectivity index (χ1) is 11.7. The van der Waals surface area contributed by atoms with Gasteiger partial charge in [-0.1, -0.05) is 0 Å². The first-order valence-electron chi connectivity index (χ1n) is 8.39. The van der Waals surface area contributed by atoms with E-state index in [4.69, 9.17) is 9.31 Å². The molecule has 0 spiro atoms. The Bertz CT molecular complexity index is 843. The third-order valence-corrected chi connectivity index (χ3v) is 5.07. The maximum atomic E-state index is 14.6. The van der Waals surface area contributed by atoms with Gasteiger partial charge >= 0.3 is 13.3 Å². The number of hydrogen-bond acceptors (Lipinski definition) is 3. The van der Waals surface area contributed by atoms with Crippen LogP contribution in [-0.2, 0) is 15.5 Å². The number of nitrogens with zero attached hydrogens (tertiary/aromatic N) is 2. The summed E-state index contributed by atoms with van der Waals surface area (Å²) in [7, 11) is -0.872. The predicted molar refractivity (Wildman–Crippen MR) is 90.8 cm³/mol. The average molecular weight is 372 g/mol. The lowest BCUT2D eigenvalue weighted by molar-refractivity contribution is -0.147. The molecule has 2 aromatic rings. The zero-order chi connectivity index (χ0) is 19.7. The van der Waals surface area contributed by atoms with Gasteiger partial charge in [0.25, 0.3) is 0 Å². The van der Waals surface area contributed by atoms with Crippen LogP contribution in [0.5, 0.6) is 0 Å². The average Bonchev–Trinajstić information content (AvgIpc) is 2.94. The van der Waals surface area contributed by atoms with Gasteiger partial charge in [-0.2, -0.15) is 13.2 Å². The van der Waals surface area contributed by atoms with E-state index in [9.17, 15) is 17.6 Å². The fraction of sp³-hybridized carbons (Fsp3) is 0.588. The van der Waals surface area contributed by atoms with Gasteiger partial charge in [0.15, 0.2) is 5.82 Å². The van der Waals surface area contributed by atoms with Crippen molar-refractivity contribution in [1.29, 1.82) is 0 Å². The molecule has 2 heterocycles. The third-order valence-electron chi connectivity index (χ3n) is 5.07. The lowest BCUT2D eigenvalue weighted by Crippen LogP contribution is -2.41. The fourth-order valence-corrected chi connectivity index (χ4v) is 3.01. The fourth-order valence-electron chi connectivity index (χ4n) is 3.01. The molecule has 0 unspecified atom stereocenters. The molecule has 1 aliphatic heterocycles. The van der Waals surface area contributed by atoms with Crippen molar-refractivity contribution in [2.24, 2.45) is 0 Å². The van der Waals surface area contributed by atoms with E-state index in [-0.39, 0.29) is 11.0 Å². The van der Waals surface area contributed by atoms with Crippen molar-refractivity contribution in [2.45, 2.75) is 65.0 Å². The van der Waals surface area contributed by atoms with Crippen molar-refractivity contribution in [3.63, 3.8) is 0 Å². The van der Waals surface area contributed by atoms with Gasteiger partial charge in [-0.25, -0.2) is 9.37 Å². The molecule has 1 fully saturated rings. The largest absolute Gasteiger partial charge is 0.495 e. The summed E-state index contributed by atoms with van der Waals surface area (Å²) in [4.78, 5) is 3.51. The maximum absolute atomic E-state index is 14.6. The van der Waals surface area contributed by atoms with Crippen LogP contribution in [0.3, 0.4) is 0 Å². The molecule has 3 rings (SSSR count). The molecule has 4 nitrogen and oxygen atoms in total. The van der Waals surface area contributed by atoms with E-state index in [1.807, 2.05) is 27.7 Å². The van der Waals surface area contributed by atoms with E-state index in [2.05, 4.69) is 4.98 Å². The highest BCUT2D eigenvalue weighted by Crippen LogP contribution is 2.38. The van der Waals surface area contributed by atoms with Crippen molar-refractivity contribution in [3.05, 3.63) is 23.8 Å². The van der Waals surface area contributed by atoms with Crippen molar-refractivity contribution in [3.8, 4) is 0 Å². The highest BCUT2D eigenvalue weighted by Gasteiger charge is 2.52. The van der Waals surface area contributed by atoms with E-state index in [1.54, 1.807) is 13.8 Å². The highest BCUT2D eigenvalue weighted by atomic mass is 19.4. The highest BCUT2D eigenvalue weighted by molar-refractivity contribution is 6.62. The molecule has 142 valence electrons. The molecule has 0 amide bonds. The van der Waals surface area contributed by atoms with Crippen LogP contribution in [0.1, 0.15) is 53.4 Å². The Morgan fingerprint density at radius 2 is 1.62 bits per heavy atom. The van der Waals surface area contributed by atoms with Gasteiger partial charge in [0.1, 0.15) is 5.52 Å². The minimum atomic E-state index is -4.68. The van der Waals surface area contributed by atoms with E-state index in [0.717, 1.165) is 10.6 Å². The molecular weight excluding hydrogens is 351 g/mol. The minimum Gasteiger partial charge on any atom is -0.399 e. The molecule has 1 saturated heterocycles. The van der Waals surface area contributed by atoms with Gasteiger partial charge in [0.05, 0.1) is 16.7 Å². The van der Waals surface area contributed by atoms with Crippen LogP contribution in [0.2, 0.25) is 0 Å². The van der Waals surface area contributed by atoms with Gasteiger partial charge in [-0.05, 0) is 59.1 Å². The van der Waals surface area contributed by atoms with Gasteiger partial charge in [0.2, 0.25) is 5.82 Å². The number of alkyl halides is 3. The molecular formula is C17H21BF4N2O2. The molecule has 0 atom stereocenters. The summed E-state index contributed by atoms with van der Waals surface area (Å²) in [6.07, 6.45) is -4.68. The van der Waals surface area contributed by atoms with Crippen LogP contribution in [0.25, 0.3) is 11.0 Å². The quantitative estimate of drug-likeness (QED) is 0.589. The minimum absolute atomic E-state index is 0.0667. The van der Waals surface area contributed by atoms with Crippen LogP contribution in [0.4, 0.5) is 17.6 Å². The normalized spacial score (nSPS) is 19.7. The summed E-state index contributed by atoms with van der Waals surface area (Å²) >= 11 is 0. The Balaban J connectivity index is 2.18. The van der Waals surface area contributed by atoms with Crippen LogP contribution in [-0.4, -0.2) is 27.9 Å². The lowest BCUT2D eigenvalue weighted by Gasteiger charge is -2.32. The third kappa shape index (κ3) is 2.91. The Morgan fingerprint density at radius 3 is 2.08 bits per heavy atom. The van der Waals surface area contributed by atoms with Crippen LogP contribution in [0, 0.1) is 5.82 Å². The number of hydrogen-bond donors (Lipinski definition) is 0. The Kier molecular flexibility index (Phi) is 4.20. The molecule has 26 heavy (non-hydrogen) atoms. The Labute approximate surface area is 149 Å². The van der Waals surface area contributed by atoms with Crippen molar-refractivity contribution in [2.75, 3.05) is 0 Å². The van der Waals surface area contributed by atoms with Crippen LogP contribution in [0.15, 0.2) is 12.1 Å². The SMILES string of the molecule is CC(C)n1c(C(F)(F)F)nc2c(F)cc(B3OC(C)(C)C(C)(C)O3)cc21. The number of fused-ring (bicyclic) bond motifs is 1. The molecule has 0 radical (unpaired) electrons. The second kappa shape index (κ2) is 5.69. The first kappa shape index (κ1) is 19.2. The van der Waals surface area contributed by atoms with Crippen molar-refractivity contribution >= 4 is 23.6 Å². The number of rotatable bonds is 2. The van der Waals surface area contributed by atoms with Gasteiger partial charge in [-0.3, -0.25) is 0 Å². The van der Waals surface area contributed by atoms with E-state index in [1.165, 1.54) is 6.07 Å². The summed E-state index contributed by atoms with van der Waals surface area (Å²) < 4.78 is 67.3. The topological polar surface area (TPSA) is 36.3 Å². The Hall–Kier alpha value is -1.61. The second-order valence-corrected chi connectivity index (χ2v) is 7.86. The zero-order valence-corrected chi connectivity index (χ0v) is 15.5. The first-order valence-corrected chi connectivity index (χ1v) is 8.39. The zero-order valence-electron chi connectivity index (χ0n) is 15.5. The van der Waals surface area contributed by atoms with Crippen molar-refractivity contribution < 1.29 is 26.9 Å². The number of benzene rings is 1. The molecule has 1 aliphatic rings. The monoisotopic (exact) mass is 372 g/mol. The second-order valence-electron chi connectivity index (χ2n) is 7.86. The van der Waals surface area contributed by atoms with E-state index >= 15 is 0 Å². The molecule has 0 bridgehead atoms. The number of aromatic nitrogens is 2. The molecule has 9 heteroatoms. The summed E-state index contributed by atoms with van der Waals surface area (Å²) in [6, 6.07) is 2.04. The molecule has 1 aromatic heterocycles. The smallest absolute Gasteiger partial charge is 0.399 e. The Morgan fingerprint density at radius 1 is 1.08 bits per heavy atom.